The quantitative estimate of drug-likeness (QED) is 0.348. The van der Waals surface area contributed by atoms with Gasteiger partial charge in [-0.15, -0.1) is 24.0 Å². The van der Waals surface area contributed by atoms with Gasteiger partial charge in [0.25, 0.3) is 0 Å². The lowest BCUT2D eigenvalue weighted by Crippen LogP contribution is -2.43. The van der Waals surface area contributed by atoms with Gasteiger partial charge in [-0.1, -0.05) is 18.2 Å². The second kappa shape index (κ2) is 12.6. The fourth-order valence-electron chi connectivity index (χ4n) is 2.11. The molecule has 0 aliphatic carbocycles. The van der Waals surface area contributed by atoms with E-state index >= 15 is 0 Å². The van der Waals surface area contributed by atoms with E-state index in [9.17, 15) is 4.79 Å². The van der Waals surface area contributed by atoms with Crippen molar-refractivity contribution < 1.29 is 14.3 Å². The van der Waals surface area contributed by atoms with Crippen LogP contribution in [-0.4, -0.2) is 56.3 Å². The number of rotatable bonds is 7. The van der Waals surface area contributed by atoms with E-state index in [0.717, 1.165) is 17.9 Å². The summed E-state index contributed by atoms with van der Waals surface area (Å²) < 4.78 is 10.7. The molecule has 27 heavy (non-hydrogen) atoms. The number of benzene rings is 1. The van der Waals surface area contributed by atoms with Crippen LogP contribution in [0.2, 0.25) is 0 Å². The van der Waals surface area contributed by atoms with E-state index in [4.69, 9.17) is 9.47 Å². The van der Waals surface area contributed by atoms with Gasteiger partial charge in [0.1, 0.15) is 11.4 Å². The summed E-state index contributed by atoms with van der Waals surface area (Å²) in [4.78, 5) is 18.1. The van der Waals surface area contributed by atoms with Crippen molar-refractivity contribution >= 4 is 36.0 Å². The van der Waals surface area contributed by atoms with Crippen molar-refractivity contribution in [3.63, 3.8) is 0 Å². The van der Waals surface area contributed by atoms with Crippen molar-refractivity contribution in [1.82, 2.24) is 15.5 Å². The van der Waals surface area contributed by atoms with E-state index in [1.54, 1.807) is 19.1 Å². The van der Waals surface area contributed by atoms with Crippen molar-refractivity contribution in [3.05, 3.63) is 29.8 Å². The predicted molar refractivity (Wildman–Crippen MR) is 120 cm³/mol. The minimum absolute atomic E-state index is 0. The molecule has 1 aromatic carbocycles. The summed E-state index contributed by atoms with van der Waals surface area (Å²) in [5.74, 6) is 1.51. The van der Waals surface area contributed by atoms with Gasteiger partial charge in [-0.2, -0.15) is 0 Å². The van der Waals surface area contributed by atoms with Crippen LogP contribution >= 0.6 is 24.0 Å². The molecule has 8 heteroatoms. The first-order chi connectivity index (χ1) is 12.3. The molecule has 0 fully saturated rings. The van der Waals surface area contributed by atoms with Crippen LogP contribution in [0.1, 0.15) is 33.3 Å². The number of guanidine groups is 1. The number of para-hydroxylation sites is 1. The smallest absolute Gasteiger partial charge is 0.410 e. The lowest BCUT2D eigenvalue weighted by atomic mass is 10.2. The molecule has 1 aromatic rings. The van der Waals surface area contributed by atoms with Crippen LogP contribution in [0.4, 0.5) is 4.79 Å². The van der Waals surface area contributed by atoms with Gasteiger partial charge in [-0.25, -0.2) is 9.79 Å². The molecule has 0 aromatic heterocycles. The Labute approximate surface area is 179 Å². The van der Waals surface area contributed by atoms with E-state index in [0.29, 0.717) is 25.6 Å². The average Bonchev–Trinajstić information content (AvgIpc) is 2.58. The molecule has 7 nitrogen and oxygen atoms in total. The number of hydrogen-bond donors (Lipinski definition) is 2. The number of hydrogen-bond acceptors (Lipinski definition) is 4. The highest BCUT2D eigenvalue weighted by atomic mass is 127. The predicted octanol–water partition coefficient (Wildman–Crippen LogP) is 3.24. The molecule has 0 saturated heterocycles. The van der Waals surface area contributed by atoms with Gasteiger partial charge >= 0.3 is 6.09 Å². The van der Waals surface area contributed by atoms with Crippen LogP contribution in [0.15, 0.2) is 29.3 Å². The molecule has 2 N–H and O–H groups in total. The fourth-order valence-corrected chi connectivity index (χ4v) is 2.11. The molecule has 0 unspecified atom stereocenters. The number of carbonyl (C=O) groups is 1. The van der Waals surface area contributed by atoms with Crippen molar-refractivity contribution in [1.29, 1.82) is 0 Å². The number of carbonyl (C=O) groups excluding carboxylic acids is 1. The molecule has 0 heterocycles. The van der Waals surface area contributed by atoms with Gasteiger partial charge in [0.05, 0.1) is 13.7 Å². The van der Waals surface area contributed by atoms with Crippen LogP contribution < -0.4 is 15.4 Å². The number of nitrogens with one attached hydrogen (secondary N) is 2. The van der Waals surface area contributed by atoms with Gasteiger partial charge in [0.2, 0.25) is 0 Å². The topological polar surface area (TPSA) is 75.2 Å². The Morgan fingerprint density at radius 3 is 2.48 bits per heavy atom. The second-order valence-electron chi connectivity index (χ2n) is 6.84. The Morgan fingerprint density at radius 2 is 1.89 bits per heavy atom. The average molecular weight is 492 g/mol. The lowest BCUT2D eigenvalue weighted by Gasteiger charge is -2.24. The van der Waals surface area contributed by atoms with Gasteiger partial charge < -0.3 is 25.0 Å². The summed E-state index contributed by atoms with van der Waals surface area (Å²) in [7, 11) is 3.37. The van der Waals surface area contributed by atoms with Gasteiger partial charge in [0, 0.05) is 32.2 Å². The van der Waals surface area contributed by atoms with E-state index in [1.807, 2.05) is 52.0 Å². The number of methoxy groups -OCH3 is 1. The fraction of sp³-hybridized carbons (Fsp3) is 0.579. The van der Waals surface area contributed by atoms with E-state index in [1.165, 1.54) is 0 Å². The number of ether oxygens (including phenoxy) is 2. The van der Waals surface area contributed by atoms with E-state index < -0.39 is 5.60 Å². The SMILES string of the molecule is CCNC(=NCc1ccccc1OC)NCCN(C)C(=O)OC(C)(C)C.I. The molecule has 0 atom stereocenters. The van der Waals surface area contributed by atoms with Crippen LogP contribution in [0.5, 0.6) is 5.75 Å². The zero-order valence-electron chi connectivity index (χ0n) is 17.2. The first kappa shape index (κ1) is 25.3. The largest absolute Gasteiger partial charge is 0.496 e. The molecule has 0 aliphatic rings. The zero-order valence-corrected chi connectivity index (χ0v) is 19.5. The Bertz CT molecular complexity index is 603. The lowest BCUT2D eigenvalue weighted by molar-refractivity contribution is 0.0302. The third-order valence-corrected chi connectivity index (χ3v) is 3.39. The van der Waals surface area contributed by atoms with Crippen LogP contribution in [-0.2, 0) is 11.3 Å². The molecule has 1 amide bonds. The highest BCUT2D eigenvalue weighted by molar-refractivity contribution is 14.0. The Morgan fingerprint density at radius 1 is 1.22 bits per heavy atom. The first-order valence-corrected chi connectivity index (χ1v) is 8.85. The number of nitrogens with zero attached hydrogens (tertiary/aromatic N) is 2. The summed E-state index contributed by atoms with van der Waals surface area (Å²) in [5, 5.41) is 6.42. The first-order valence-electron chi connectivity index (χ1n) is 8.85. The molecular weight excluding hydrogens is 459 g/mol. The van der Waals surface area contributed by atoms with Crippen LogP contribution in [0.25, 0.3) is 0 Å². The van der Waals surface area contributed by atoms with E-state index in [-0.39, 0.29) is 30.1 Å². The van der Waals surface area contributed by atoms with E-state index in [2.05, 4.69) is 15.6 Å². The van der Waals surface area contributed by atoms with Gasteiger partial charge in [-0.05, 0) is 33.8 Å². The van der Waals surface area contributed by atoms with Crippen LogP contribution in [0.3, 0.4) is 0 Å². The monoisotopic (exact) mass is 492 g/mol. The number of halogens is 1. The number of amides is 1. The summed E-state index contributed by atoms with van der Waals surface area (Å²) in [6, 6.07) is 7.80. The standard InChI is InChI=1S/C19H32N4O3.HI/c1-7-20-17(22-14-15-10-8-9-11-16(15)25-6)21-12-13-23(5)18(24)26-19(2,3)4;/h8-11H,7,12-14H2,1-6H3,(H2,20,21,22);1H. The molecule has 1 rings (SSSR count). The molecule has 0 bridgehead atoms. The summed E-state index contributed by atoms with van der Waals surface area (Å²) in [6.07, 6.45) is -0.338. The molecule has 0 aliphatic heterocycles. The molecule has 0 saturated carbocycles. The molecule has 0 radical (unpaired) electrons. The second-order valence-corrected chi connectivity index (χ2v) is 6.84. The highest BCUT2D eigenvalue weighted by Gasteiger charge is 2.19. The zero-order chi connectivity index (χ0) is 19.6. The van der Waals surface area contributed by atoms with Crippen molar-refractivity contribution in [2.45, 2.75) is 39.8 Å². The van der Waals surface area contributed by atoms with Gasteiger partial charge in [-0.3, -0.25) is 0 Å². The van der Waals surface area contributed by atoms with Gasteiger partial charge in [0.15, 0.2) is 5.96 Å². The minimum atomic E-state index is -0.496. The van der Waals surface area contributed by atoms with Crippen molar-refractivity contribution in [3.8, 4) is 5.75 Å². The summed E-state index contributed by atoms with van der Waals surface area (Å²) in [6.45, 7) is 9.88. The molecule has 0 spiro atoms. The maximum absolute atomic E-state index is 12.0. The number of aliphatic imine (C=N–C) groups is 1. The summed E-state index contributed by atoms with van der Waals surface area (Å²) in [5.41, 5.74) is 0.516. The maximum Gasteiger partial charge on any atom is 0.410 e. The Balaban J connectivity index is 0.00000676. The Hall–Kier alpha value is -1.71. The molecular formula is C19H33IN4O3. The van der Waals surface area contributed by atoms with Crippen molar-refractivity contribution in [2.24, 2.45) is 4.99 Å². The van der Waals surface area contributed by atoms with Crippen LogP contribution in [0, 0.1) is 0 Å². The highest BCUT2D eigenvalue weighted by Crippen LogP contribution is 2.17. The normalized spacial score (nSPS) is 11.3. The maximum atomic E-state index is 12.0. The third-order valence-electron chi connectivity index (χ3n) is 3.39. The third kappa shape index (κ3) is 10.3. The minimum Gasteiger partial charge on any atom is -0.496 e. The number of likely N-dealkylation sites (N-methyl/N-ethyl adjacent to an activating group) is 1. The Kier molecular flexibility index (Phi) is 11.8. The molecule has 154 valence electrons. The van der Waals surface area contributed by atoms with Crippen molar-refractivity contribution in [2.75, 3.05) is 33.8 Å². The summed E-state index contributed by atoms with van der Waals surface area (Å²) >= 11 is 0.